The van der Waals surface area contributed by atoms with E-state index in [1.54, 1.807) is 0 Å². The van der Waals surface area contributed by atoms with Gasteiger partial charge in [-0.1, -0.05) is 0 Å². The van der Waals surface area contributed by atoms with Crippen LogP contribution in [0.25, 0.3) is 0 Å². The van der Waals surface area contributed by atoms with Crippen molar-refractivity contribution >= 4 is 23.4 Å². The van der Waals surface area contributed by atoms with Gasteiger partial charge < -0.3 is 25.8 Å². The van der Waals surface area contributed by atoms with Gasteiger partial charge in [-0.3, -0.25) is 14.6 Å². The van der Waals surface area contributed by atoms with Crippen molar-refractivity contribution in [2.24, 2.45) is 11.8 Å². The number of nitrogens with two attached hydrogens (primary N) is 1. The minimum absolute atomic E-state index is 0.0128. The van der Waals surface area contributed by atoms with Gasteiger partial charge in [0.1, 0.15) is 5.69 Å². The fraction of sp³-hybridized carbons (Fsp3) is 0.615. The maximum absolute atomic E-state index is 11.8. The molecule has 3 atom stereocenters. The van der Waals surface area contributed by atoms with Crippen LogP contribution in [0.2, 0.25) is 0 Å². The topological polar surface area (TPSA) is 134 Å². The Morgan fingerprint density at radius 2 is 2.36 bits per heavy atom. The van der Waals surface area contributed by atoms with Crippen molar-refractivity contribution in [1.29, 1.82) is 0 Å². The van der Waals surface area contributed by atoms with Crippen LogP contribution < -0.4 is 21.5 Å². The summed E-state index contributed by atoms with van der Waals surface area (Å²) in [6.45, 7) is 2.09. The summed E-state index contributed by atoms with van der Waals surface area (Å²) in [4.78, 5) is 31.3. The highest BCUT2D eigenvalue weighted by atomic mass is 16.5. The van der Waals surface area contributed by atoms with Gasteiger partial charge in [0, 0.05) is 31.4 Å². The minimum atomic E-state index is -0.325. The van der Waals surface area contributed by atoms with Crippen molar-refractivity contribution in [2.45, 2.75) is 19.4 Å². The predicted molar refractivity (Wildman–Crippen MR) is 79.3 cm³/mol. The molecule has 3 rings (SSSR count). The van der Waals surface area contributed by atoms with E-state index in [1.807, 2.05) is 4.90 Å². The second-order valence-electron chi connectivity index (χ2n) is 5.67. The lowest BCUT2D eigenvalue weighted by Gasteiger charge is -2.48. The van der Waals surface area contributed by atoms with E-state index in [0.29, 0.717) is 24.8 Å². The highest BCUT2D eigenvalue weighted by molar-refractivity contribution is 5.71. The molecule has 9 heteroatoms. The molecule has 0 bridgehead atoms. The number of fused-ring (bicyclic) bond motifs is 1. The first-order valence-electron chi connectivity index (χ1n) is 7.15. The summed E-state index contributed by atoms with van der Waals surface area (Å²) in [5, 5.41) is 12.6. The maximum Gasteiger partial charge on any atom is 0.302 e. The summed E-state index contributed by atoms with van der Waals surface area (Å²) < 4.78 is 5.02. The van der Waals surface area contributed by atoms with E-state index in [0.717, 1.165) is 6.42 Å². The molecule has 0 radical (unpaired) electrons. The van der Waals surface area contributed by atoms with Crippen molar-refractivity contribution < 1.29 is 14.6 Å². The fourth-order valence-electron chi connectivity index (χ4n) is 3.18. The molecule has 1 saturated carbocycles. The fourth-order valence-corrected chi connectivity index (χ4v) is 3.18. The number of hydrogen-bond acceptors (Lipinski definition) is 8. The number of esters is 1. The smallest absolute Gasteiger partial charge is 0.302 e. The number of nitrogens with one attached hydrogen (secondary N) is 2. The molecule has 5 N–H and O–H groups in total. The van der Waals surface area contributed by atoms with Crippen LogP contribution >= 0.6 is 0 Å². The van der Waals surface area contributed by atoms with E-state index in [2.05, 4.69) is 15.3 Å². The molecule has 1 aromatic rings. The first-order valence-corrected chi connectivity index (χ1v) is 7.15. The normalized spacial score (nSPS) is 26.1. The molecule has 0 spiro atoms. The third-order valence-electron chi connectivity index (χ3n) is 4.37. The number of aliphatic hydroxyl groups is 1. The zero-order valence-corrected chi connectivity index (χ0v) is 12.2. The van der Waals surface area contributed by atoms with Crippen molar-refractivity contribution in [3.63, 3.8) is 0 Å². The van der Waals surface area contributed by atoms with E-state index in [4.69, 9.17) is 10.5 Å². The number of aromatic nitrogens is 2. The van der Waals surface area contributed by atoms with Gasteiger partial charge in [-0.05, 0) is 6.42 Å². The van der Waals surface area contributed by atoms with Gasteiger partial charge in [-0.25, -0.2) is 0 Å². The lowest BCUT2D eigenvalue weighted by Crippen LogP contribution is -2.55. The van der Waals surface area contributed by atoms with E-state index in [1.165, 1.54) is 6.92 Å². The van der Waals surface area contributed by atoms with Crippen LogP contribution in [0.3, 0.4) is 0 Å². The van der Waals surface area contributed by atoms with Crippen LogP contribution in [-0.4, -0.2) is 47.0 Å². The Morgan fingerprint density at radius 1 is 1.59 bits per heavy atom. The number of hydrogen-bond donors (Lipinski definition) is 4. The number of nitrogens with zero attached hydrogens (tertiary/aromatic N) is 2. The predicted octanol–water partition coefficient (Wildman–Crippen LogP) is -0.898. The van der Waals surface area contributed by atoms with Gasteiger partial charge in [0.25, 0.3) is 5.56 Å². The monoisotopic (exact) mass is 309 g/mol. The molecule has 22 heavy (non-hydrogen) atoms. The zero-order valence-electron chi connectivity index (χ0n) is 12.2. The summed E-state index contributed by atoms with van der Waals surface area (Å²) in [6.07, 6.45) is 0.758. The molecule has 0 amide bonds. The molecule has 9 nitrogen and oxygen atoms in total. The molecule has 0 saturated heterocycles. The van der Waals surface area contributed by atoms with Crippen LogP contribution in [0.15, 0.2) is 4.79 Å². The van der Waals surface area contributed by atoms with Crippen molar-refractivity contribution in [1.82, 2.24) is 9.97 Å². The van der Waals surface area contributed by atoms with Gasteiger partial charge in [0.05, 0.1) is 13.3 Å². The molecule has 2 aliphatic rings. The molecule has 120 valence electrons. The molecule has 2 heterocycles. The zero-order chi connectivity index (χ0) is 15.9. The third-order valence-corrected chi connectivity index (χ3v) is 4.37. The molecule has 1 aliphatic carbocycles. The standard InChI is InChI=1S/C13H19N5O4/c1-6(20)22-4-7-2-9(8(7)3-19)18-5-15-10-11(18)16-13(14)17-12(10)21/h7-9,15,19H,2-5H2,1H3,(H3,14,16,17,21)/t7-,8-,9-/m1/s1. The van der Waals surface area contributed by atoms with E-state index < -0.39 is 0 Å². The number of ether oxygens (including phenoxy) is 1. The Balaban J connectivity index is 1.75. The number of carbonyl (C=O) groups excluding carboxylic acids is 1. The highest BCUT2D eigenvalue weighted by Crippen LogP contribution is 2.42. The Kier molecular flexibility index (Phi) is 3.65. The Bertz CT molecular complexity index is 646. The summed E-state index contributed by atoms with van der Waals surface area (Å²) in [6, 6.07) is 0.0352. The SMILES string of the molecule is CC(=O)OC[C@H]1C[C@@H](N2CNc3c2nc(N)[nH]c3=O)[C@@H]1CO. The summed E-state index contributed by atoms with van der Waals surface area (Å²) in [5.41, 5.74) is 5.69. The van der Waals surface area contributed by atoms with Crippen LogP contribution in [0.5, 0.6) is 0 Å². The molecular formula is C13H19N5O4. The number of rotatable bonds is 4. The van der Waals surface area contributed by atoms with Crippen LogP contribution in [0, 0.1) is 11.8 Å². The van der Waals surface area contributed by atoms with Gasteiger partial charge in [-0.2, -0.15) is 4.98 Å². The minimum Gasteiger partial charge on any atom is -0.466 e. The Labute approximate surface area is 126 Å². The van der Waals surface area contributed by atoms with E-state index in [-0.39, 0.29) is 42.0 Å². The van der Waals surface area contributed by atoms with Gasteiger partial charge in [-0.15, -0.1) is 0 Å². The summed E-state index contributed by atoms with van der Waals surface area (Å²) >= 11 is 0. The molecule has 1 aromatic heterocycles. The van der Waals surface area contributed by atoms with Gasteiger partial charge in [0.2, 0.25) is 5.95 Å². The second-order valence-corrected chi connectivity index (χ2v) is 5.67. The van der Waals surface area contributed by atoms with Gasteiger partial charge in [0.15, 0.2) is 5.82 Å². The van der Waals surface area contributed by atoms with Crippen LogP contribution in [0.1, 0.15) is 13.3 Å². The van der Waals surface area contributed by atoms with E-state index in [9.17, 15) is 14.7 Å². The number of carbonyl (C=O) groups is 1. The first kappa shape index (κ1) is 14.6. The lowest BCUT2D eigenvalue weighted by molar-refractivity contribution is -0.145. The lowest BCUT2D eigenvalue weighted by atomic mass is 9.69. The van der Waals surface area contributed by atoms with Crippen molar-refractivity contribution in [3.8, 4) is 0 Å². The molecular weight excluding hydrogens is 290 g/mol. The second kappa shape index (κ2) is 5.48. The number of aliphatic hydroxyl groups excluding tert-OH is 1. The van der Waals surface area contributed by atoms with Crippen LogP contribution in [0.4, 0.5) is 17.5 Å². The molecule has 1 fully saturated rings. The van der Waals surface area contributed by atoms with Crippen molar-refractivity contribution in [3.05, 3.63) is 10.4 Å². The largest absolute Gasteiger partial charge is 0.466 e. The first-order chi connectivity index (χ1) is 10.5. The number of nitrogen functional groups attached to an aromatic ring is 1. The number of H-pyrrole nitrogens is 1. The van der Waals surface area contributed by atoms with Crippen LogP contribution in [-0.2, 0) is 9.53 Å². The Morgan fingerprint density at radius 3 is 3.05 bits per heavy atom. The summed E-state index contributed by atoms with van der Waals surface area (Å²) in [7, 11) is 0. The maximum atomic E-state index is 11.8. The number of anilines is 3. The van der Waals surface area contributed by atoms with Crippen molar-refractivity contribution in [2.75, 3.05) is 35.8 Å². The third kappa shape index (κ3) is 2.37. The summed E-state index contributed by atoms with van der Waals surface area (Å²) in [5.74, 6) is 0.329. The quantitative estimate of drug-likeness (QED) is 0.526. The highest BCUT2D eigenvalue weighted by Gasteiger charge is 2.46. The number of aromatic amines is 1. The average Bonchev–Trinajstić information content (AvgIpc) is 2.81. The molecule has 1 aliphatic heterocycles. The molecule has 0 aromatic carbocycles. The van der Waals surface area contributed by atoms with E-state index >= 15 is 0 Å². The van der Waals surface area contributed by atoms with Gasteiger partial charge >= 0.3 is 5.97 Å². The molecule has 0 unspecified atom stereocenters. The average molecular weight is 309 g/mol. The Hall–Kier alpha value is -2.29.